The highest BCUT2D eigenvalue weighted by Gasteiger charge is 2.43. The molecule has 2 amide bonds. The average Bonchev–Trinajstić information content (AvgIpc) is 2.83. The minimum Gasteiger partial charge on any atom is -0.438 e. The van der Waals surface area contributed by atoms with Gasteiger partial charge >= 0.3 is 6.09 Å². The molecule has 1 fully saturated rings. The predicted octanol–water partition coefficient (Wildman–Crippen LogP) is 4.81. The summed E-state index contributed by atoms with van der Waals surface area (Å²) in [5.74, 6) is -0.401. The first-order valence-corrected chi connectivity index (χ1v) is 10.8. The highest BCUT2D eigenvalue weighted by atomic mass is 16.6. The molecule has 2 N–H and O–H groups in total. The van der Waals surface area contributed by atoms with Crippen molar-refractivity contribution < 1.29 is 14.3 Å². The molecule has 4 rings (SSSR count). The topological polar surface area (TPSA) is 85.5 Å². The first-order valence-electron chi connectivity index (χ1n) is 10.8. The second-order valence-corrected chi connectivity index (χ2v) is 8.17. The van der Waals surface area contributed by atoms with Crippen LogP contribution in [0.4, 0.5) is 4.79 Å². The van der Waals surface area contributed by atoms with E-state index in [4.69, 9.17) is 10.5 Å². The lowest BCUT2D eigenvalue weighted by atomic mass is 9.84. The van der Waals surface area contributed by atoms with Gasteiger partial charge in [-0.25, -0.2) is 4.79 Å². The molecule has 164 valence electrons. The number of hydrogen-bond acceptors (Lipinski definition) is 4. The van der Waals surface area contributed by atoms with Crippen molar-refractivity contribution in [1.29, 1.82) is 0 Å². The summed E-state index contributed by atoms with van der Waals surface area (Å²) in [6, 6.07) is 21.6. The number of nitrogens with two attached hydrogens (primary N) is 1. The molecule has 1 aliphatic rings. The lowest BCUT2D eigenvalue weighted by molar-refractivity contribution is -0.121. The van der Waals surface area contributed by atoms with Crippen molar-refractivity contribution in [3.63, 3.8) is 0 Å². The number of amides is 2. The summed E-state index contributed by atoms with van der Waals surface area (Å²) in [7, 11) is 0. The van der Waals surface area contributed by atoms with E-state index >= 15 is 0 Å². The number of carbonyl (C=O) groups is 2. The Morgan fingerprint density at radius 1 is 1.06 bits per heavy atom. The normalized spacial score (nSPS) is 19.3. The fourth-order valence-electron chi connectivity index (χ4n) is 4.29. The molecule has 1 aliphatic heterocycles. The fourth-order valence-corrected chi connectivity index (χ4v) is 4.29. The summed E-state index contributed by atoms with van der Waals surface area (Å²) in [4.78, 5) is 30.4. The molecule has 0 spiro atoms. The summed E-state index contributed by atoms with van der Waals surface area (Å²) in [5.41, 5.74) is 8.67. The van der Waals surface area contributed by atoms with Crippen LogP contribution in [0.5, 0.6) is 0 Å². The van der Waals surface area contributed by atoms with Gasteiger partial charge in [-0.15, -0.1) is 0 Å². The molecule has 0 bridgehead atoms. The highest BCUT2D eigenvalue weighted by Crippen LogP contribution is 2.40. The van der Waals surface area contributed by atoms with Gasteiger partial charge in [0.15, 0.2) is 0 Å². The average molecular weight is 430 g/mol. The van der Waals surface area contributed by atoms with Crippen LogP contribution in [0.1, 0.15) is 43.4 Å². The Labute approximate surface area is 188 Å². The Bertz CT molecular complexity index is 1070. The Kier molecular flexibility index (Phi) is 6.21. The zero-order valence-electron chi connectivity index (χ0n) is 18.1. The molecule has 2 aromatic carbocycles. The largest absolute Gasteiger partial charge is 0.438 e. The van der Waals surface area contributed by atoms with Gasteiger partial charge in [-0.3, -0.25) is 9.78 Å². The molecule has 1 aromatic heterocycles. The third kappa shape index (κ3) is 4.49. The Morgan fingerprint density at radius 2 is 1.72 bits per heavy atom. The molecular formula is C26H27N3O3. The van der Waals surface area contributed by atoms with Crippen LogP contribution in [0.3, 0.4) is 0 Å². The van der Waals surface area contributed by atoms with E-state index in [1.807, 2.05) is 61.5 Å². The first-order chi connectivity index (χ1) is 15.5. The lowest BCUT2D eigenvalue weighted by Crippen LogP contribution is -2.49. The van der Waals surface area contributed by atoms with Gasteiger partial charge in [0.1, 0.15) is 5.60 Å². The summed E-state index contributed by atoms with van der Waals surface area (Å²) in [5, 5.41) is 0. The van der Waals surface area contributed by atoms with E-state index in [0.29, 0.717) is 19.4 Å². The zero-order chi connectivity index (χ0) is 22.6. The van der Waals surface area contributed by atoms with E-state index in [2.05, 4.69) is 17.1 Å². The van der Waals surface area contributed by atoms with Crippen LogP contribution in [-0.4, -0.2) is 28.4 Å². The molecule has 0 radical (unpaired) electrons. The number of cyclic esters (lactones) is 1. The molecule has 2 heterocycles. The van der Waals surface area contributed by atoms with Crippen LogP contribution in [0.25, 0.3) is 11.1 Å². The van der Waals surface area contributed by atoms with Crippen molar-refractivity contribution in [3.05, 3.63) is 90.3 Å². The van der Waals surface area contributed by atoms with Gasteiger partial charge in [0, 0.05) is 38.2 Å². The molecule has 2 atom stereocenters. The molecule has 6 nitrogen and oxygen atoms in total. The number of hydrogen-bond donors (Lipinski definition) is 1. The summed E-state index contributed by atoms with van der Waals surface area (Å²) >= 11 is 0. The van der Waals surface area contributed by atoms with E-state index in [0.717, 1.165) is 22.3 Å². The Balaban J connectivity index is 1.51. The molecule has 0 saturated carbocycles. The van der Waals surface area contributed by atoms with Crippen molar-refractivity contribution in [2.45, 2.75) is 37.8 Å². The predicted molar refractivity (Wildman–Crippen MR) is 122 cm³/mol. The summed E-state index contributed by atoms with van der Waals surface area (Å²) in [6.45, 7) is 2.53. The van der Waals surface area contributed by atoms with Crippen molar-refractivity contribution in [3.8, 4) is 11.1 Å². The van der Waals surface area contributed by atoms with Gasteiger partial charge in [-0.1, -0.05) is 54.6 Å². The van der Waals surface area contributed by atoms with Gasteiger partial charge in [-0.05, 0) is 41.3 Å². The van der Waals surface area contributed by atoms with Crippen molar-refractivity contribution >= 4 is 12.0 Å². The number of pyridine rings is 1. The lowest BCUT2D eigenvalue weighted by Gasteiger charge is -2.43. The Hall–Kier alpha value is -3.67. The van der Waals surface area contributed by atoms with Crippen LogP contribution in [0.15, 0.2) is 79.1 Å². The molecule has 0 aliphatic carbocycles. The molecule has 1 saturated heterocycles. The number of primary amides is 1. The van der Waals surface area contributed by atoms with Gasteiger partial charge in [0.25, 0.3) is 0 Å². The molecule has 32 heavy (non-hydrogen) atoms. The van der Waals surface area contributed by atoms with Crippen LogP contribution in [0.2, 0.25) is 0 Å². The molecule has 0 unspecified atom stereocenters. The van der Waals surface area contributed by atoms with E-state index in [1.165, 1.54) is 0 Å². The summed E-state index contributed by atoms with van der Waals surface area (Å²) in [6.07, 6.45) is 4.29. The highest BCUT2D eigenvalue weighted by molar-refractivity contribution is 5.74. The number of rotatable bonds is 7. The second kappa shape index (κ2) is 9.22. The fraction of sp³-hybridized carbons (Fsp3) is 0.269. The van der Waals surface area contributed by atoms with Crippen LogP contribution in [-0.2, 0) is 15.1 Å². The van der Waals surface area contributed by atoms with Gasteiger partial charge < -0.3 is 15.4 Å². The third-order valence-electron chi connectivity index (χ3n) is 6.22. The standard InChI is InChI=1S/C26H27N3O3/c1-19(20-7-9-21(10-8-20)22-12-16-28-17-13-22)29-18-15-26(32-25(29)31,14-11-24(27)30)23-5-3-2-4-6-23/h2-10,12-13,16-17,19H,11,14-15,18H2,1H3,(H2,27,30)/t19-,26+/m0/s1. The van der Waals surface area contributed by atoms with Gasteiger partial charge in [-0.2, -0.15) is 0 Å². The van der Waals surface area contributed by atoms with E-state index < -0.39 is 11.5 Å². The first kappa shape index (κ1) is 21.6. The SMILES string of the molecule is C[C@@H](c1ccc(-c2ccncc2)cc1)N1CC[C@](CCC(N)=O)(c2ccccc2)OC1=O. The number of carbonyl (C=O) groups excluding carboxylic acids is 2. The maximum atomic E-state index is 13.1. The van der Waals surface area contributed by atoms with Crippen LogP contribution < -0.4 is 5.73 Å². The van der Waals surface area contributed by atoms with Gasteiger partial charge in [0.2, 0.25) is 5.91 Å². The number of nitrogens with zero attached hydrogens (tertiary/aromatic N) is 2. The monoisotopic (exact) mass is 429 g/mol. The van der Waals surface area contributed by atoms with Crippen LogP contribution in [0, 0.1) is 0 Å². The summed E-state index contributed by atoms with van der Waals surface area (Å²) < 4.78 is 6.03. The number of benzene rings is 2. The Morgan fingerprint density at radius 3 is 2.34 bits per heavy atom. The number of aromatic nitrogens is 1. The van der Waals surface area contributed by atoms with Crippen LogP contribution >= 0.6 is 0 Å². The quantitative estimate of drug-likeness (QED) is 0.584. The third-order valence-corrected chi connectivity index (χ3v) is 6.22. The van der Waals surface area contributed by atoms with E-state index in [1.54, 1.807) is 17.3 Å². The maximum absolute atomic E-state index is 13.1. The van der Waals surface area contributed by atoms with E-state index in [9.17, 15) is 9.59 Å². The van der Waals surface area contributed by atoms with Crippen molar-refractivity contribution in [2.75, 3.05) is 6.54 Å². The molecular weight excluding hydrogens is 402 g/mol. The zero-order valence-corrected chi connectivity index (χ0v) is 18.1. The maximum Gasteiger partial charge on any atom is 0.411 e. The molecule has 6 heteroatoms. The van der Waals surface area contributed by atoms with Crippen molar-refractivity contribution in [1.82, 2.24) is 9.88 Å². The van der Waals surface area contributed by atoms with E-state index in [-0.39, 0.29) is 18.6 Å². The van der Waals surface area contributed by atoms with Gasteiger partial charge in [0.05, 0.1) is 6.04 Å². The van der Waals surface area contributed by atoms with Crippen molar-refractivity contribution in [2.24, 2.45) is 5.73 Å². The second-order valence-electron chi connectivity index (χ2n) is 8.17. The smallest absolute Gasteiger partial charge is 0.411 e. The molecule has 3 aromatic rings. The minimum absolute atomic E-state index is 0.140. The number of ether oxygens (including phenoxy) is 1. The minimum atomic E-state index is -0.838.